The first-order valence-corrected chi connectivity index (χ1v) is 6.60. The van der Waals surface area contributed by atoms with Gasteiger partial charge in [-0.1, -0.05) is 0 Å². The lowest BCUT2D eigenvalue weighted by Gasteiger charge is -2.09. The number of rotatable bonds is 6. The van der Waals surface area contributed by atoms with E-state index in [-0.39, 0.29) is 24.8 Å². The highest BCUT2D eigenvalue weighted by Crippen LogP contribution is 2.17. The summed E-state index contributed by atoms with van der Waals surface area (Å²) >= 11 is 0. The summed E-state index contributed by atoms with van der Waals surface area (Å²) in [6, 6.07) is 9.68. The van der Waals surface area contributed by atoms with Gasteiger partial charge in [-0.25, -0.2) is 8.78 Å². The minimum atomic E-state index is -0.776. The van der Waals surface area contributed by atoms with Crippen LogP contribution in [0.5, 0.6) is 11.5 Å². The molecule has 4 nitrogen and oxygen atoms in total. The van der Waals surface area contributed by atoms with E-state index >= 15 is 0 Å². The predicted octanol–water partition coefficient (Wildman–Crippen LogP) is 2.78. The summed E-state index contributed by atoms with van der Waals surface area (Å²) in [6.07, 6.45) is 0. The van der Waals surface area contributed by atoms with Crippen LogP contribution in [0.4, 0.5) is 8.78 Å². The van der Waals surface area contributed by atoms with Crippen LogP contribution < -0.4 is 14.8 Å². The van der Waals surface area contributed by atoms with Crippen LogP contribution in [0.3, 0.4) is 0 Å². The third kappa shape index (κ3) is 4.18. The molecular formula is C16H15F2NO3. The van der Waals surface area contributed by atoms with Gasteiger partial charge in [0.25, 0.3) is 5.91 Å². The molecule has 22 heavy (non-hydrogen) atoms. The second-order valence-electron chi connectivity index (χ2n) is 4.41. The Morgan fingerprint density at radius 1 is 1.14 bits per heavy atom. The van der Waals surface area contributed by atoms with E-state index in [2.05, 4.69) is 5.32 Å². The number of amides is 1. The van der Waals surface area contributed by atoms with Gasteiger partial charge < -0.3 is 14.8 Å². The molecule has 0 aliphatic carbocycles. The number of nitrogens with one attached hydrogen (secondary N) is 1. The molecule has 0 radical (unpaired) electrons. The van der Waals surface area contributed by atoms with Crippen molar-refractivity contribution in [3.8, 4) is 11.5 Å². The standard InChI is InChI=1S/C16H15F2NO3/c1-21-13-5-2-11(3-6-13)16(20)19-8-9-22-15-7-4-12(17)10-14(15)18/h2-7,10H,8-9H2,1H3,(H,19,20). The summed E-state index contributed by atoms with van der Waals surface area (Å²) in [7, 11) is 1.54. The SMILES string of the molecule is COc1ccc(C(=O)NCCOc2ccc(F)cc2F)cc1. The summed E-state index contributed by atoms with van der Waals surface area (Å²) in [6.45, 7) is 0.270. The van der Waals surface area contributed by atoms with Crippen molar-refractivity contribution in [1.82, 2.24) is 5.32 Å². The Morgan fingerprint density at radius 2 is 1.86 bits per heavy atom. The Balaban J connectivity index is 1.79. The monoisotopic (exact) mass is 307 g/mol. The number of hydrogen-bond donors (Lipinski definition) is 1. The number of benzene rings is 2. The van der Waals surface area contributed by atoms with Gasteiger partial charge in [0.15, 0.2) is 11.6 Å². The van der Waals surface area contributed by atoms with Crippen molar-refractivity contribution in [2.24, 2.45) is 0 Å². The van der Waals surface area contributed by atoms with Crippen LogP contribution in [0.1, 0.15) is 10.4 Å². The zero-order chi connectivity index (χ0) is 15.9. The lowest BCUT2D eigenvalue weighted by Crippen LogP contribution is -2.28. The van der Waals surface area contributed by atoms with E-state index in [0.29, 0.717) is 11.3 Å². The molecule has 0 aliphatic heterocycles. The summed E-state index contributed by atoms with van der Waals surface area (Å²) in [5.41, 5.74) is 0.480. The highest BCUT2D eigenvalue weighted by molar-refractivity contribution is 5.94. The highest BCUT2D eigenvalue weighted by Gasteiger charge is 2.07. The molecule has 1 N–H and O–H groups in total. The molecule has 0 saturated carbocycles. The van der Waals surface area contributed by atoms with Gasteiger partial charge in [-0.2, -0.15) is 0 Å². The number of carbonyl (C=O) groups is 1. The summed E-state index contributed by atoms with van der Waals surface area (Å²) in [5.74, 6) is -1.11. The summed E-state index contributed by atoms with van der Waals surface area (Å²) in [5, 5.41) is 2.64. The molecule has 0 bridgehead atoms. The van der Waals surface area contributed by atoms with Crippen LogP contribution in [0.15, 0.2) is 42.5 Å². The van der Waals surface area contributed by atoms with Gasteiger partial charge in [0.1, 0.15) is 18.2 Å². The maximum Gasteiger partial charge on any atom is 0.251 e. The van der Waals surface area contributed by atoms with Crippen molar-refractivity contribution in [3.05, 3.63) is 59.7 Å². The van der Waals surface area contributed by atoms with Gasteiger partial charge >= 0.3 is 0 Å². The van der Waals surface area contributed by atoms with Crippen LogP contribution in [0.2, 0.25) is 0 Å². The zero-order valence-corrected chi connectivity index (χ0v) is 11.9. The minimum Gasteiger partial charge on any atom is -0.497 e. The lowest BCUT2D eigenvalue weighted by atomic mass is 10.2. The largest absolute Gasteiger partial charge is 0.497 e. The highest BCUT2D eigenvalue weighted by atomic mass is 19.1. The molecule has 2 aromatic carbocycles. The maximum absolute atomic E-state index is 13.3. The Bertz CT molecular complexity index is 644. The molecule has 0 saturated heterocycles. The Morgan fingerprint density at radius 3 is 2.50 bits per heavy atom. The van der Waals surface area contributed by atoms with Crippen molar-refractivity contribution < 1.29 is 23.0 Å². The van der Waals surface area contributed by atoms with Crippen molar-refractivity contribution in [2.75, 3.05) is 20.3 Å². The Labute approximate surface area is 126 Å². The molecule has 0 heterocycles. The van der Waals surface area contributed by atoms with E-state index in [0.717, 1.165) is 12.1 Å². The average molecular weight is 307 g/mol. The second kappa shape index (κ2) is 7.40. The number of halogens is 2. The number of ether oxygens (including phenoxy) is 2. The smallest absolute Gasteiger partial charge is 0.251 e. The summed E-state index contributed by atoms with van der Waals surface area (Å²) in [4.78, 5) is 11.8. The van der Waals surface area contributed by atoms with Crippen molar-refractivity contribution in [3.63, 3.8) is 0 Å². The molecule has 0 aromatic heterocycles. The third-order valence-electron chi connectivity index (χ3n) is 2.89. The number of hydrogen-bond acceptors (Lipinski definition) is 3. The van der Waals surface area contributed by atoms with Gasteiger partial charge in [-0.15, -0.1) is 0 Å². The van der Waals surface area contributed by atoms with E-state index in [4.69, 9.17) is 9.47 Å². The number of carbonyl (C=O) groups excluding carboxylic acids is 1. The van der Waals surface area contributed by atoms with Crippen LogP contribution in [-0.2, 0) is 0 Å². The topological polar surface area (TPSA) is 47.6 Å². The average Bonchev–Trinajstić information content (AvgIpc) is 2.53. The predicted molar refractivity (Wildman–Crippen MR) is 77.2 cm³/mol. The molecule has 1 amide bonds. The second-order valence-corrected chi connectivity index (χ2v) is 4.41. The molecule has 0 unspecified atom stereocenters. The normalized spacial score (nSPS) is 10.1. The van der Waals surface area contributed by atoms with E-state index in [9.17, 15) is 13.6 Å². The lowest BCUT2D eigenvalue weighted by molar-refractivity contribution is 0.0946. The molecule has 0 aliphatic rings. The van der Waals surface area contributed by atoms with Crippen LogP contribution >= 0.6 is 0 Å². The van der Waals surface area contributed by atoms with Gasteiger partial charge in [-0.3, -0.25) is 4.79 Å². The Kier molecular flexibility index (Phi) is 5.30. The first kappa shape index (κ1) is 15.8. The van der Waals surface area contributed by atoms with E-state index in [1.165, 1.54) is 6.07 Å². The van der Waals surface area contributed by atoms with Crippen molar-refractivity contribution >= 4 is 5.91 Å². The molecule has 2 rings (SSSR count). The Hall–Kier alpha value is -2.63. The first-order chi connectivity index (χ1) is 10.6. The van der Waals surface area contributed by atoms with E-state index in [1.54, 1.807) is 31.4 Å². The minimum absolute atomic E-state index is 0.0555. The molecule has 0 atom stereocenters. The maximum atomic E-state index is 13.3. The molecule has 0 fully saturated rings. The van der Waals surface area contributed by atoms with Crippen molar-refractivity contribution in [1.29, 1.82) is 0 Å². The zero-order valence-electron chi connectivity index (χ0n) is 11.9. The molecule has 2 aromatic rings. The van der Waals surface area contributed by atoms with E-state index < -0.39 is 11.6 Å². The fourth-order valence-electron chi connectivity index (χ4n) is 1.76. The van der Waals surface area contributed by atoms with Gasteiger partial charge in [0.2, 0.25) is 0 Å². The van der Waals surface area contributed by atoms with Gasteiger partial charge in [-0.05, 0) is 36.4 Å². The third-order valence-corrected chi connectivity index (χ3v) is 2.89. The van der Waals surface area contributed by atoms with Crippen molar-refractivity contribution in [2.45, 2.75) is 0 Å². The summed E-state index contributed by atoms with van der Waals surface area (Å²) < 4.78 is 36.2. The quantitative estimate of drug-likeness (QED) is 0.835. The van der Waals surface area contributed by atoms with Crippen LogP contribution in [0.25, 0.3) is 0 Å². The molecule has 0 spiro atoms. The molecule has 116 valence electrons. The molecule has 6 heteroatoms. The fourth-order valence-corrected chi connectivity index (χ4v) is 1.76. The fraction of sp³-hybridized carbons (Fsp3) is 0.188. The van der Waals surface area contributed by atoms with Gasteiger partial charge in [0, 0.05) is 11.6 Å². The molecular weight excluding hydrogens is 292 g/mol. The van der Waals surface area contributed by atoms with Gasteiger partial charge in [0.05, 0.1) is 13.7 Å². The van der Waals surface area contributed by atoms with Crippen LogP contribution in [-0.4, -0.2) is 26.2 Å². The van der Waals surface area contributed by atoms with Crippen LogP contribution in [0, 0.1) is 11.6 Å². The first-order valence-electron chi connectivity index (χ1n) is 6.60. The van der Waals surface area contributed by atoms with E-state index in [1.807, 2.05) is 0 Å². The number of methoxy groups -OCH3 is 1.